The van der Waals surface area contributed by atoms with Gasteiger partial charge in [0.1, 0.15) is 110 Å². The average Bonchev–Trinajstić information content (AvgIpc) is 3.20. The molecular formula is C34H58N2O24. The third kappa shape index (κ3) is 10.4. The van der Waals surface area contributed by atoms with E-state index < -0.39 is 185 Å². The number of carbonyl (C=O) groups is 2. The van der Waals surface area contributed by atoms with Crippen LogP contribution >= 0.6 is 0 Å². The molecule has 0 radical (unpaired) electrons. The summed E-state index contributed by atoms with van der Waals surface area (Å²) in [5.74, 6) is -1.51. The third-order valence-electron chi connectivity index (χ3n) is 11.0. The average molecular weight is 879 g/mol. The second-order valence-electron chi connectivity index (χ2n) is 15.4. The molecule has 0 aromatic heterocycles. The highest BCUT2D eigenvalue weighted by Crippen LogP contribution is 2.37. The van der Waals surface area contributed by atoms with Crippen LogP contribution in [0, 0.1) is 0 Å². The Balaban J connectivity index is 1.59. The largest absolute Gasteiger partial charge is 0.394 e. The number of rotatable bonds is 13. The van der Waals surface area contributed by atoms with Crippen molar-refractivity contribution in [2.24, 2.45) is 0 Å². The van der Waals surface area contributed by atoms with E-state index in [2.05, 4.69) is 10.6 Å². The van der Waals surface area contributed by atoms with E-state index in [1.165, 1.54) is 13.8 Å². The molecule has 2 amide bonds. The molecule has 26 nitrogen and oxygen atoms in total. The minimum Gasteiger partial charge on any atom is -0.394 e. The lowest BCUT2D eigenvalue weighted by Gasteiger charge is -2.52. The van der Waals surface area contributed by atoms with Gasteiger partial charge in [-0.15, -0.1) is 0 Å². The molecule has 25 atom stereocenters. The highest BCUT2D eigenvalue weighted by atomic mass is 16.8. The van der Waals surface area contributed by atoms with Crippen molar-refractivity contribution in [3.05, 3.63) is 0 Å². The molecule has 0 aromatic rings. The van der Waals surface area contributed by atoms with Crippen molar-refractivity contribution >= 4 is 11.8 Å². The van der Waals surface area contributed by atoms with Crippen molar-refractivity contribution in [1.82, 2.24) is 10.6 Å². The van der Waals surface area contributed by atoms with Crippen molar-refractivity contribution in [3.8, 4) is 0 Å². The molecule has 0 bridgehead atoms. The van der Waals surface area contributed by atoms with Gasteiger partial charge < -0.3 is 120 Å². The van der Waals surface area contributed by atoms with Gasteiger partial charge in [0.05, 0.1) is 32.0 Å². The molecule has 5 rings (SSSR count). The lowest BCUT2D eigenvalue weighted by atomic mass is 9.93. The van der Waals surface area contributed by atoms with Crippen LogP contribution in [0.2, 0.25) is 0 Å². The maximum Gasteiger partial charge on any atom is 0.217 e. The van der Waals surface area contributed by atoms with Gasteiger partial charge in [0.2, 0.25) is 11.8 Å². The van der Waals surface area contributed by atoms with E-state index in [0.717, 1.165) is 13.8 Å². The van der Waals surface area contributed by atoms with Gasteiger partial charge in [-0.3, -0.25) is 9.59 Å². The molecule has 0 aliphatic carbocycles. The molecule has 26 heteroatoms. The summed E-state index contributed by atoms with van der Waals surface area (Å²) in [4.78, 5) is 24.6. The Morgan fingerprint density at radius 3 is 1.37 bits per heavy atom. The number of carbonyl (C=O) groups excluding carboxylic acids is 2. The highest BCUT2D eigenvalue weighted by molar-refractivity contribution is 5.73. The number of ether oxygens (including phenoxy) is 9. The Kier molecular flexibility index (Phi) is 16.9. The molecule has 0 saturated carbocycles. The lowest BCUT2D eigenvalue weighted by Crippen LogP contribution is -2.71. The summed E-state index contributed by atoms with van der Waals surface area (Å²) in [6, 6.07) is -3.24. The lowest BCUT2D eigenvalue weighted by molar-refractivity contribution is -0.403. The van der Waals surface area contributed by atoms with Crippen LogP contribution in [0.1, 0.15) is 27.7 Å². The van der Waals surface area contributed by atoms with Crippen molar-refractivity contribution in [3.63, 3.8) is 0 Å². The standard InChI is InChI=1S/C34H58N2O24/c1-8-17(42)22(47)24(49)32(52-8)58-27-16(36-11(4)41)30(51)54-14(7-39)26(27)57-34-29(60-33-25(50)23(48)18(43)9(2)53-33)28(20(45)13(6-38)56-34)59-31-15(35-10(3)40)21(46)19(44)12(5-37)55-31/h8-9,12-34,37-39,42-51H,5-7H2,1-4H3,(H,35,40)(H,36,41)/t8-,9-,12+,13+,14+,15+,16+,17+,18+,19-,20-,21+,22+,23+,24-,25-,26+,27+,28-,29+,30+,31-,32-,33-,34-/m0/s1. The fraction of sp³-hybridized carbons (Fsp3) is 0.941. The quantitative estimate of drug-likeness (QED) is 0.0817. The van der Waals surface area contributed by atoms with Crippen LogP contribution in [-0.2, 0) is 52.2 Å². The summed E-state index contributed by atoms with van der Waals surface area (Å²) < 4.78 is 53.1. The molecule has 0 aromatic carbocycles. The summed E-state index contributed by atoms with van der Waals surface area (Å²) in [6.45, 7) is 1.96. The number of aliphatic hydroxyl groups is 13. The van der Waals surface area contributed by atoms with Crippen LogP contribution < -0.4 is 10.6 Å². The topological polar surface area (TPSA) is 404 Å². The van der Waals surface area contributed by atoms with E-state index in [1.54, 1.807) is 0 Å². The first-order valence-electron chi connectivity index (χ1n) is 19.3. The number of hydrogen-bond acceptors (Lipinski definition) is 24. The summed E-state index contributed by atoms with van der Waals surface area (Å²) in [7, 11) is 0. The monoisotopic (exact) mass is 878 g/mol. The molecule has 15 N–H and O–H groups in total. The Labute approximate surface area is 342 Å². The maximum absolute atomic E-state index is 12.4. The van der Waals surface area contributed by atoms with E-state index in [4.69, 9.17) is 42.6 Å². The normalized spacial score (nSPS) is 50.2. The van der Waals surface area contributed by atoms with Crippen molar-refractivity contribution in [2.75, 3.05) is 19.8 Å². The van der Waals surface area contributed by atoms with Crippen LogP contribution in [0.25, 0.3) is 0 Å². The Bertz CT molecular complexity index is 1410. The van der Waals surface area contributed by atoms with Crippen molar-refractivity contribution in [2.45, 2.75) is 181 Å². The van der Waals surface area contributed by atoms with Crippen LogP contribution in [-0.4, -0.2) is 251 Å². The van der Waals surface area contributed by atoms with Crippen LogP contribution in [0.3, 0.4) is 0 Å². The number of aliphatic hydroxyl groups excluding tert-OH is 13. The van der Waals surface area contributed by atoms with Gasteiger partial charge in [-0.25, -0.2) is 0 Å². The Morgan fingerprint density at radius 2 is 0.867 bits per heavy atom. The van der Waals surface area contributed by atoms with E-state index in [1.807, 2.05) is 0 Å². The highest BCUT2D eigenvalue weighted by Gasteiger charge is 2.58. The number of nitrogens with one attached hydrogen (secondary N) is 2. The predicted molar refractivity (Wildman–Crippen MR) is 187 cm³/mol. The second-order valence-corrected chi connectivity index (χ2v) is 15.4. The first-order chi connectivity index (χ1) is 28.2. The summed E-state index contributed by atoms with van der Waals surface area (Å²) in [5, 5.41) is 144. The van der Waals surface area contributed by atoms with E-state index in [9.17, 15) is 76.0 Å². The molecular weight excluding hydrogens is 820 g/mol. The fourth-order valence-corrected chi connectivity index (χ4v) is 7.69. The molecule has 0 spiro atoms. The first-order valence-corrected chi connectivity index (χ1v) is 19.3. The van der Waals surface area contributed by atoms with Gasteiger partial charge in [-0.2, -0.15) is 0 Å². The number of hydrogen-bond donors (Lipinski definition) is 15. The molecule has 5 saturated heterocycles. The zero-order valence-corrected chi connectivity index (χ0v) is 32.9. The minimum absolute atomic E-state index is 0.751. The van der Waals surface area contributed by atoms with E-state index in [-0.39, 0.29) is 0 Å². The minimum atomic E-state index is -2.04. The molecule has 348 valence electrons. The zero-order chi connectivity index (χ0) is 44.5. The summed E-state index contributed by atoms with van der Waals surface area (Å²) in [5.41, 5.74) is 0. The van der Waals surface area contributed by atoms with Gasteiger partial charge in [0.25, 0.3) is 0 Å². The molecule has 5 aliphatic heterocycles. The summed E-state index contributed by atoms with van der Waals surface area (Å²) >= 11 is 0. The van der Waals surface area contributed by atoms with Gasteiger partial charge in [0, 0.05) is 13.8 Å². The molecule has 5 fully saturated rings. The van der Waals surface area contributed by atoms with E-state index >= 15 is 0 Å². The molecule has 5 aliphatic rings. The predicted octanol–water partition coefficient (Wildman–Crippen LogP) is -9.58. The SMILES string of the molecule is CC(=O)N[C@@H]1[C@@H](O[C@@H]2O[C@@H](C)[C@@H](O)[C@@H](O)[C@@H]2O)[C@H](O[C@@H]2O[C@H](CO)[C@H](O)[C@H](O[C@@H]3O[C@H](CO)[C@H](O)[C@H](O)[C@H]3NC(C)=O)[C@H]2O[C@@H]2O[C@@H](C)[C@@H](O)[C@@H](O)[C@@H]2O)[C@@H](CO)O[C@H]1O. The van der Waals surface area contributed by atoms with Gasteiger partial charge in [0.15, 0.2) is 31.5 Å². The maximum atomic E-state index is 12.4. The second kappa shape index (κ2) is 20.7. The smallest absolute Gasteiger partial charge is 0.217 e. The molecule has 5 heterocycles. The van der Waals surface area contributed by atoms with Crippen LogP contribution in [0.15, 0.2) is 0 Å². The fourth-order valence-electron chi connectivity index (χ4n) is 7.69. The molecule has 0 unspecified atom stereocenters. The first kappa shape index (κ1) is 49.1. The van der Waals surface area contributed by atoms with Crippen molar-refractivity contribution < 1.29 is 119 Å². The molecule has 60 heavy (non-hydrogen) atoms. The third-order valence-corrected chi connectivity index (χ3v) is 11.0. The van der Waals surface area contributed by atoms with Crippen LogP contribution in [0.4, 0.5) is 0 Å². The zero-order valence-electron chi connectivity index (χ0n) is 32.9. The van der Waals surface area contributed by atoms with Gasteiger partial charge in [-0.1, -0.05) is 0 Å². The van der Waals surface area contributed by atoms with Crippen LogP contribution in [0.5, 0.6) is 0 Å². The Morgan fingerprint density at radius 1 is 0.433 bits per heavy atom. The Hall–Kier alpha value is -1.94. The van der Waals surface area contributed by atoms with E-state index in [0.29, 0.717) is 0 Å². The number of amides is 2. The summed E-state index contributed by atoms with van der Waals surface area (Å²) in [6.07, 6.45) is -40.7. The van der Waals surface area contributed by atoms with Gasteiger partial charge in [-0.05, 0) is 13.8 Å². The van der Waals surface area contributed by atoms with Gasteiger partial charge >= 0.3 is 0 Å². The van der Waals surface area contributed by atoms with Crippen molar-refractivity contribution in [1.29, 1.82) is 0 Å².